The minimum absolute atomic E-state index is 0.473. The standard InChI is InChI=1S/C18H30O2/c1-4-5-6-7-8-9-10-13-20-18-14-15(2)11-12-17(18)16(3)19/h11-12,14,16,19H,4-10,13H2,1-3H3/t16-/m0/s1. The van der Waals surface area contributed by atoms with Gasteiger partial charge in [0.05, 0.1) is 12.7 Å². The van der Waals surface area contributed by atoms with Crippen molar-refractivity contribution in [1.29, 1.82) is 0 Å². The zero-order chi connectivity index (χ0) is 14.8. The molecule has 0 saturated carbocycles. The smallest absolute Gasteiger partial charge is 0.125 e. The third-order valence-corrected chi connectivity index (χ3v) is 3.62. The Morgan fingerprint density at radius 1 is 1.05 bits per heavy atom. The quantitative estimate of drug-likeness (QED) is 0.598. The van der Waals surface area contributed by atoms with Gasteiger partial charge < -0.3 is 9.84 Å². The van der Waals surface area contributed by atoms with E-state index in [1.165, 1.54) is 44.1 Å². The molecule has 1 aromatic carbocycles. The Kier molecular flexibility index (Phi) is 8.36. The normalized spacial score (nSPS) is 12.4. The molecule has 114 valence electrons. The molecule has 0 bridgehead atoms. The van der Waals surface area contributed by atoms with E-state index < -0.39 is 6.10 Å². The van der Waals surface area contributed by atoms with Crippen molar-refractivity contribution in [1.82, 2.24) is 0 Å². The van der Waals surface area contributed by atoms with Crippen molar-refractivity contribution >= 4 is 0 Å². The lowest BCUT2D eigenvalue weighted by molar-refractivity contribution is 0.190. The molecule has 1 atom stereocenters. The summed E-state index contributed by atoms with van der Waals surface area (Å²) >= 11 is 0. The number of hydrogen-bond donors (Lipinski definition) is 1. The second-order valence-electron chi connectivity index (χ2n) is 5.69. The Labute approximate surface area is 124 Å². The fourth-order valence-corrected chi connectivity index (χ4v) is 2.35. The van der Waals surface area contributed by atoms with Gasteiger partial charge in [0.1, 0.15) is 5.75 Å². The lowest BCUT2D eigenvalue weighted by Gasteiger charge is -2.14. The summed E-state index contributed by atoms with van der Waals surface area (Å²) in [6.45, 7) is 6.82. The van der Waals surface area contributed by atoms with E-state index in [1.54, 1.807) is 6.92 Å². The van der Waals surface area contributed by atoms with E-state index in [0.717, 1.165) is 24.3 Å². The summed E-state index contributed by atoms with van der Waals surface area (Å²) in [4.78, 5) is 0. The topological polar surface area (TPSA) is 29.5 Å². The van der Waals surface area contributed by atoms with Crippen LogP contribution in [0.5, 0.6) is 5.75 Å². The van der Waals surface area contributed by atoms with Gasteiger partial charge in [-0.05, 0) is 31.9 Å². The van der Waals surface area contributed by atoms with Gasteiger partial charge in [-0.3, -0.25) is 0 Å². The van der Waals surface area contributed by atoms with Gasteiger partial charge in [-0.25, -0.2) is 0 Å². The molecule has 0 aliphatic carbocycles. The number of hydrogen-bond acceptors (Lipinski definition) is 2. The number of unbranched alkanes of at least 4 members (excludes halogenated alkanes) is 6. The lowest BCUT2D eigenvalue weighted by atomic mass is 10.1. The lowest BCUT2D eigenvalue weighted by Crippen LogP contribution is -2.02. The van der Waals surface area contributed by atoms with Crippen LogP contribution in [0, 0.1) is 6.92 Å². The molecule has 0 radical (unpaired) electrons. The van der Waals surface area contributed by atoms with Gasteiger partial charge in [-0.2, -0.15) is 0 Å². The van der Waals surface area contributed by atoms with E-state index in [1.807, 2.05) is 25.1 Å². The Hall–Kier alpha value is -1.02. The Balaban J connectivity index is 2.26. The summed E-state index contributed by atoms with van der Waals surface area (Å²) in [6.07, 6.45) is 8.54. The molecule has 1 N–H and O–H groups in total. The molecular weight excluding hydrogens is 248 g/mol. The highest BCUT2D eigenvalue weighted by Gasteiger charge is 2.09. The molecule has 1 aromatic rings. The molecule has 0 aromatic heterocycles. The number of benzene rings is 1. The first-order valence-electron chi connectivity index (χ1n) is 8.06. The van der Waals surface area contributed by atoms with Crippen LogP contribution < -0.4 is 4.74 Å². The molecule has 0 unspecified atom stereocenters. The first-order valence-corrected chi connectivity index (χ1v) is 8.06. The van der Waals surface area contributed by atoms with Gasteiger partial charge in [-0.15, -0.1) is 0 Å². The molecule has 0 aliphatic rings. The highest BCUT2D eigenvalue weighted by molar-refractivity contribution is 5.38. The fraction of sp³-hybridized carbons (Fsp3) is 0.667. The molecule has 2 nitrogen and oxygen atoms in total. The number of aryl methyl sites for hydroxylation is 1. The maximum Gasteiger partial charge on any atom is 0.125 e. The van der Waals surface area contributed by atoms with Crippen molar-refractivity contribution in [3.05, 3.63) is 29.3 Å². The number of aliphatic hydroxyl groups is 1. The fourth-order valence-electron chi connectivity index (χ4n) is 2.35. The monoisotopic (exact) mass is 278 g/mol. The molecule has 20 heavy (non-hydrogen) atoms. The van der Waals surface area contributed by atoms with Gasteiger partial charge >= 0.3 is 0 Å². The average molecular weight is 278 g/mol. The Morgan fingerprint density at radius 3 is 2.35 bits per heavy atom. The van der Waals surface area contributed by atoms with Crippen molar-refractivity contribution in [2.75, 3.05) is 6.61 Å². The van der Waals surface area contributed by atoms with Crippen LogP contribution in [-0.2, 0) is 0 Å². The maximum absolute atomic E-state index is 9.74. The molecule has 0 fully saturated rings. The van der Waals surface area contributed by atoms with Crippen molar-refractivity contribution in [3.63, 3.8) is 0 Å². The van der Waals surface area contributed by atoms with Crippen LogP contribution >= 0.6 is 0 Å². The van der Waals surface area contributed by atoms with Gasteiger partial charge in [0.15, 0.2) is 0 Å². The van der Waals surface area contributed by atoms with E-state index in [2.05, 4.69) is 6.92 Å². The first-order chi connectivity index (χ1) is 9.65. The molecule has 0 saturated heterocycles. The van der Waals surface area contributed by atoms with Crippen LogP contribution in [0.25, 0.3) is 0 Å². The summed E-state index contributed by atoms with van der Waals surface area (Å²) in [5, 5.41) is 9.74. The van der Waals surface area contributed by atoms with E-state index in [-0.39, 0.29) is 0 Å². The Morgan fingerprint density at radius 2 is 1.70 bits per heavy atom. The predicted molar refractivity (Wildman–Crippen MR) is 85.3 cm³/mol. The zero-order valence-corrected chi connectivity index (χ0v) is 13.3. The summed E-state index contributed by atoms with van der Waals surface area (Å²) in [5.41, 5.74) is 2.06. The van der Waals surface area contributed by atoms with Crippen molar-refractivity contribution in [2.45, 2.75) is 71.8 Å². The second kappa shape index (κ2) is 9.82. The largest absolute Gasteiger partial charge is 0.493 e. The van der Waals surface area contributed by atoms with Gasteiger partial charge in [0, 0.05) is 5.56 Å². The summed E-state index contributed by atoms with van der Waals surface area (Å²) < 4.78 is 5.85. The SMILES string of the molecule is CCCCCCCCCOc1cc(C)ccc1[C@H](C)O. The maximum atomic E-state index is 9.74. The third kappa shape index (κ3) is 6.42. The van der Waals surface area contributed by atoms with Crippen molar-refractivity contribution < 1.29 is 9.84 Å². The summed E-state index contributed by atoms with van der Waals surface area (Å²) in [5.74, 6) is 0.839. The molecule has 0 aliphatic heterocycles. The number of ether oxygens (including phenoxy) is 1. The minimum Gasteiger partial charge on any atom is -0.493 e. The molecule has 1 rings (SSSR count). The van der Waals surface area contributed by atoms with E-state index in [0.29, 0.717) is 0 Å². The van der Waals surface area contributed by atoms with Crippen LogP contribution in [0.2, 0.25) is 0 Å². The van der Waals surface area contributed by atoms with Crippen LogP contribution in [0.15, 0.2) is 18.2 Å². The summed E-state index contributed by atoms with van der Waals surface area (Å²) in [7, 11) is 0. The predicted octanol–water partition coefficient (Wildman–Crippen LogP) is 5.18. The van der Waals surface area contributed by atoms with Crippen LogP contribution in [0.4, 0.5) is 0 Å². The van der Waals surface area contributed by atoms with Crippen LogP contribution in [0.1, 0.15) is 76.0 Å². The number of aliphatic hydroxyl groups excluding tert-OH is 1. The molecule has 0 spiro atoms. The van der Waals surface area contributed by atoms with E-state index >= 15 is 0 Å². The Bertz CT molecular complexity index is 372. The van der Waals surface area contributed by atoms with Crippen LogP contribution in [-0.4, -0.2) is 11.7 Å². The van der Waals surface area contributed by atoms with Crippen molar-refractivity contribution in [3.8, 4) is 5.75 Å². The van der Waals surface area contributed by atoms with Gasteiger partial charge in [0.25, 0.3) is 0 Å². The third-order valence-electron chi connectivity index (χ3n) is 3.62. The van der Waals surface area contributed by atoms with Crippen molar-refractivity contribution in [2.24, 2.45) is 0 Å². The van der Waals surface area contributed by atoms with Gasteiger partial charge in [0.2, 0.25) is 0 Å². The second-order valence-corrected chi connectivity index (χ2v) is 5.69. The summed E-state index contributed by atoms with van der Waals surface area (Å²) in [6, 6.07) is 5.99. The van der Waals surface area contributed by atoms with E-state index in [4.69, 9.17) is 4.74 Å². The van der Waals surface area contributed by atoms with Crippen LogP contribution in [0.3, 0.4) is 0 Å². The zero-order valence-electron chi connectivity index (χ0n) is 13.3. The highest BCUT2D eigenvalue weighted by Crippen LogP contribution is 2.26. The molecular formula is C18H30O2. The van der Waals surface area contributed by atoms with E-state index in [9.17, 15) is 5.11 Å². The highest BCUT2D eigenvalue weighted by atomic mass is 16.5. The average Bonchev–Trinajstić information content (AvgIpc) is 2.41. The number of rotatable bonds is 10. The minimum atomic E-state index is -0.473. The molecule has 0 heterocycles. The van der Waals surface area contributed by atoms with Gasteiger partial charge in [-0.1, -0.05) is 57.6 Å². The molecule has 0 amide bonds. The first kappa shape index (κ1) is 17.0. The molecule has 2 heteroatoms.